The molecule has 0 amide bonds. The standard InChI is InChI=1S/C13H18ClN3O3S/c14-11-8-9(13(15)16-18)6-7-12(11)17-21(19,20)10-4-2-1-3-5-10/h6-8,10,17-18H,1-5H2,(H2,15,16). The van der Waals surface area contributed by atoms with Crippen LogP contribution < -0.4 is 10.5 Å². The summed E-state index contributed by atoms with van der Waals surface area (Å²) in [7, 11) is -3.44. The molecule has 21 heavy (non-hydrogen) atoms. The highest BCUT2D eigenvalue weighted by Gasteiger charge is 2.27. The molecule has 116 valence electrons. The van der Waals surface area contributed by atoms with E-state index < -0.39 is 10.0 Å². The normalized spacial score (nSPS) is 17.7. The van der Waals surface area contributed by atoms with Gasteiger partial charge < -0.3 is 10.9 Å². The molecule has 1 aromatic carbocycles. The number of rotatable bonds is 4. The number of nitrogens with one attached hydrogen (secondary N) is 1. The van der Waals surface area contributed by atoms with E-state index in [4.69, 9.17) is 22.5 Å². The molecule has 1 fully saturated rings. The lowest BCUT2D eigenvalue weighted by atomic mass is 10.0. The third-order valence-corrected chi connectivity index (χ3v) is 5.78. The van der Waals surface area contributed by atoms with Gasteiger partial charge in [-0.25, -0.2) is 8.42 Å². The van der Waals surface area contributed by atoms with E-state index >= 15 is 0 Å². The lowest BCUT2D eigenvalue weighted by molar-refractivity contribution is 0.318. The molecular weight excluding hydrogens is 314 g/mol. The topological polar surface area (TPSA) is 105 Å². The number of amidine groups is 1. The number of halogens is 1. The zero-order chi connectivity index (χ0) is 15.5. The first-order valence-corrected chi connectivity index (χ1v) is 8.65. The van der Waals surface area contributed by atoms with Gasteiger partial charge in [0.1, 0.15) is 0 Å². The van der Waals surface area contributed by atoms with Gasteiger partial charge in [-0.2, -0.15) is 0 Å². The summed E-state index contributed by atoms with van der Waals surface area (Å²) in [5, 5.41) is 11.3. The molecule has 0 spiro atoms. The van der Waals surface area contributed by atoms with Crippen LogP contribution in [0.4, 0.5) is 5.69 Å². The SMILES string of the molecule is N/C(=N/O)c1ccc(NS(=O)(=O)C2CCCCC2)c(Cl)c1. The number of benzene rings is 1. The fourth-order valence-electron chi connectivity index (χ4n) is 2.43. The Morgan fingerprint density at radius 2 is 2.00 bits per heavy atom. The van der Waals surface area contributed by atoms with Gasteiger partial charge in [-0.3, -0.25) is 4.72 Å². The molecule has 1 aromatic rings. The van der Waals surface area contributed by atoms with Gasteiger partial charge in [-0.15, -0.1) is 0 Å². The molecule has 1 aliphatic carbocycles. The van der Waals surface area contributed by atoms with Gasteiger partial charge in [-0.1, -0.05) is 36.0 Å². The summed E-state index contributed by atoms with van der Waals surface area (Å²) in [5.41, 5.74) is 6.18. The van der Waals surface area contributed by atoms with E-state index in [1.165, 1.54) is 12.1 Å². The van der Waals surface area contributed by atoms with Crippen molar-refractivity contribution in [3.8, 4) is 0 Å². The van der Waals surface area contributed by atoms with E-state index in [0.717, 1.165) is 19.3 Å². The van der Waals surface area contributed by atoms with Crippen LogP contribution in [0.3, 0.4) is 0 Å². The molecule has 1 saturated carbocycles. The first-order valence-electron chi connectivity index (χ1n) is 6.73. The van der Waals surface area contributed by atoms with E-state index in [2.05, 4.69) is 9.88 Å². The number of hydrogen-bond acceptors (Lipinski definition) is 4. The van der Waals surface area contributed by atoms with Crippen molar-refractivity contribution in [2.75, 3.05) is 4.72 Å². The van der Waals surface area contributed by atoms with Crippen molar-refractivity contribution in [2.45, 2.75) is 37.4 Å². The Morgan fingerprint density at radius 1 is 1.33 bits per heavy atom. The van der Waals surface area contributed by atoms with Crippen LogP contribution in [-0.4, -0.2) is 24.7 Å². The molecular formula is C13H18ClN3O3S. The van der Waals surface area contributed by atoms with Gasteiger partial charge in [0.25, 0.3) is 0 Å². The van der Waals surface area contributed by atoms with Gasteiger partial charge in [0.05, 0.1) is 16.0 Å². The van der Waals surface area contributed by atoms with Crippen LogP contribution in [-0.2, 0) is 10.0 Å². The number of sulfonamides is 1. The van der Waals surface area contributed by atoms with Gasteiger partial charge in [0.2, 0.25) is 10.0 Å². The second-order valence-corrected chi connectivity index (χ2v) is 7.45. The van der Waals surface area contributed by atoms with Crippen molar-refractivity contribution in [3.63, 3.8) is 0 Å². The van der Waals surface area contributed by atoms with Crippen molar-refractivity contribution in [1.29, 1.82) is 0 Å². The van der Waals surface area contributed by atoms with Gasteiger partial charge in [-0.05, 0) is 31.0 Å². The zero-order valence-corrected chi connectivity index (χ0v) is 13.0. The fourth-order valence-corrected chi connectivity index (χ4v) is 4.32. The van der Waals surface area contributed by atoms with Gasteiger partial charge in [0, 0.05) is 5.56 Å². The van der Waals surface area contributed by atoms with Crippen LogP contribution in [0.25, 0.3) is 0 Å². The molecule has 0 bridgehead atoms. The van der Waals surface area contributed by atoms with Crippen molar-refractivity contribution >= 4 is 33.1 Å². The molecule has 2 rings (SSSR count). The molecule has 6 nitrogen and oxygen atoms in total. The predicted octanol–water partition coefficient (Wildman–Crippen LogP) is 2.51. The average Bonchev–Trinajstić information content (AvgIpc) is 2.49. The van der Waals surface area contributed by atoms with Gasteiger partial charge in [0.15, 0.2) is 5.84 Å². The molecule has 8 heteroatoms. The lowest BCUT2D eigenvalue weighted by Crippen LogP contribution is -2.29. The number of nitrogens with two attached hydrogens (primary N) is 1. The van der Waals surface area contributed by atoms with Crippen LogP contribution in [0.5, 0.6) is 0 Å². The molecule has 4 N–H and O–H groups in total. The van der Waals surface area contributed by atoms with Crippen molar-refractivity contribution in [2.24, 2.45) is 10.9 Å². The summed E-state index contributed by atoms with van der Waals surface area (Å²) in [6, 6.07) is 4.51. The molecule has 1 aliphatic rings. The van der Waals surface area contributed by atoms with Crippen LogP contribution >= 0.6 is 11.6 Å². The number of nitrogens with zero attached hydrogens (tertiary/aromatic N) is 1. The van der Waals surface area contributed by atoms with Crippen molar-refractivity contribution in [3.05, 3.63) is 28.8 Å². The molecule has 0 aliphatic heterocycles. The maximum absolute atomic E-state index is 12.3. The van der Waals surface area contributed by atoms with E-state index in [9.17, 15) is 8.42 Å². The quantitative estimate of drug-likeness (QED) is 0.341. The van der Waals surface area contributed by atoms with Crippen LogP contribution in [0, 0.1) is 0 Å². The highest BCUT2D eigenvalue weighted by molar-refractivity contribution is 7.93. The summed E-state index contributed by atoms with van der Waals surface area (Å²) in [5.74, 6) is -0.0846. The molecule has 0 unspecified atom stereocenters. The van der Waals surface area contributed by atoms with Crippen LogP contribution in [0.15, 0.2) is 23.4 Å². The second-order valence-electron chi connectivity index (χ2n) is 5.09. The number of hydrogen-bond donors (Lipinski definition) is 3. The van der Waals surface area contributed by atoms with E-state index in [1.54, 1.807) is 6.07 Å². The molecule has 0 saturated heterocycles. The first kappa shape index (κ1) is 15.9. The highest BCUT2D eigenvalue weighted by Crippen LogP contribution is 2.28. The molecule has 0 heterocycles. The maximum atomic E-state index is 12.3. The Morgan fingerprint density at radius 3 is 2.57 bits per heavy atom. The summed E-state index contributed by atoms with van der Waals surface area (Å²) in [4.78, 5) is 0. The maximum Gasteiger partial charge on any atom is 0.235 e. The average molecular weight is 332 g/mol. The minimum absolute atomic E-state index is 0.0846. The smallest absolute Gasteiger partial charge is 0.235 e. The number of oxime groups is 1. The summed E-state index contributed by atoms with van der Waals surface area (Å²) in [6.07, 6.45) is 4.30. The van der Waals surface area contributed by atoms with Gasteiger partial charge >= 0.3 is 0 Å². The largest absolute Gasteiger partial charge is 0.409 e. The van der Waals surface area contributed by atoms with Crippen molar-refractivity contribution < 1.29 is 13.6 Å². The molecule has 0 atom stereocenters. The Bertz CT molecular complexity index is 640. The molecule has 0 aromatic heterocycles. The summed E-state index contributed by atoms with van der Waals surface area (Å²) < 4.78 is 27.2. The first-order chi connectivity index (χ1) is 9.94. The summed E-state index contributed by atoms with van der Waals surface area (Å²) >= 11 is 6.06. The number of anilines is 1. The summed E-state index contributed by atoms with van der Waals surface area (Å²) in [6.45, 7) is 0. The third kappa shape index (κ3) is 3.79. The zero-order valence-electron chi connectivity index (χ0n) is 11.4. The highest BCUT2D eigenvalue weighted by atomic mass is 35.5. The third-order valence-electron chi connectivity index (χ3n) is 3.62. The Hall–Kier alpha value is -1.47. The monoisotopic (exact) mass is 331 g/mol. The van der Waals surface area contributed by atoms with E-state index in [1.807, 2.05) is 0 Å². The van der Waals surface area contributed by atoms with Crippen LogP contribution in [0.2, 0.25) is 5.02 Å². The Kier molecular flexibility index (Phi) is 4.95. The predicted molar refractivity (Wildman–Crippen MR) is 83.4 cm³/mol. The Labute approximate surface area is 129 Å². The van der Waals surface area contributed by atoms with Crippen molar-refractivity contribution in [1.82, 2.24) is 0 Å². The lowest BCUT2D eigenvalue weighted by Gasteiger charge is -2.22. The Balaban J connectivity index is 2.19. The molecule has 0 radical (unpaired) electrons. The minimum atomic E-state index is -3.44. The minimum Gasteiger partial charge on any atom is -0.409 e. The van der Waals surface area contributed by atoms with E-state index in [0.29, 0.717) is 24.1 Å². The second kappa shape index (κ2) is 6.53. The fraction of sp³-hybridized carbons (Fsp3) is 0.462. The van der Waals surface area contributed by atoms with Crippen LogP contribution in [0.1, 0.15) is 37.7 Å². The van der Waals surface area contributed by atoms with E-state index in [-0.39, 0.29) is 16.1 Å².